The number of benzene rings is 1. The summed E-state index contributed by atoms with van der Waals surface area (Å²) in [7, 11) is 0. The lowest BCUT2D eigenvalue weighted by molar-refractivity contribution is -0.130. The molecule has 1 aliphatic rings. The SMILES string of the molecule is CSc1ccc(NC(=O)CCN2C(=O)NC(C)(C)C2=O)cc1. The Labute approximate surface area is 133 Å². The first-order valence-electron chi connectivity index (χ1n) is 6.91. The molecule has 0 bridgehead atoms. The maximum Gasteiger partial charge on any atom is 0.325 e. The predicted octanol–water partition coefficient (Wildman–Crippen LogP) is 2.07. The van der Waals surface area contributed by atoms with E-state index in [1.54, 1.807) is 25.6 Å². The standard InChI is InChI=1S/C15H19N3O3S/c1-15(2)13(20)18(14(21)17-15)9-8-12(19)16-10-4-6-11(22-3)7-5-10/h4-7H,8-9H2,1-3H3,(H,16,19)(H,17,21). The highest BCUT2D eigenvalue weighted by Gasteiger charge is 2.43. The first kappa shape index (κ1) is 16.4. The summed E-state index contributed by atoms with van der Waals surface area (Å²) in [4.78, 5) is 37.8. The van der Waals surface area contributed by atoms with Gasteiger partial charge in [-0.3, -0.25) is 14.5 Å². The van der Waals surface area contributed by atoms with Gasteiger partial charge < -0.3 is 10.6 Å². The number of hydrogen-bond acceptors (Lipinski definition) is 4. The number of carbonyl (C=O) groups is 3. The Balaban J connectivity index is 1.87. The smallest absolute Gasteiger partial charge is 0.325 e. The minimum atomic E-state index is -0.902. The zero-order valence-corrected chi connectivity index (χ0v) is 13.6. The van der Waals surface area contributed by atoms with Gasteiger partial charge in [0.2, 0.25) is 5.91 Å². The number of nitrogens with zero attached hydrogens (tertiary/aromatic N) is 1. The van der Waals surface area contributed by atoms with Crippen molar-refractivity contribution in [2.24, 2.45) is 0 Å². The highest BCUT2D eigenvalue weighted by Crippen LogP contribution is 2.18. The molecule has 0 unspecified atom stereocenters. The average Bonchev–Trinajstić information content (AvgIpc) is 2.66. The van der Waals surface area contributed by atoms with Crippen LogP contribution in [0.15, 0.2) is 29.2 Å². The fourth-order valence-electron chi connectivity index (χ4n) is 2.13. The molecule has 22 heavy (non-hydrogen) atoms. The minimum Gasteiger partial charge on any atom is -0.326 e. The number of urea groups is 1. The first-order chi connectivity index (χ1) is 10.3. The number of anilines is 1. The molecule has 2 rings (SSSR count). The lowest BCUT2D eigenvalue weighted by Gasteiger charge is -2.15. The molecule has 118 valence electrons. The predicted molar refractivity (Wildman–Crippen MR) is 85.8 cm³/mol. The van der Waals surface area contributed by atoms with Crippen molar-refractivity contribution in [3.05, 3.63) is 24.3 Å². The van der Waals surface area contributed by atoms with E-state index in [9.17, 15) is 14.4 Å². The number of imide groups is 1. The van der Waals surface area contributed by atoms with Crippen LogP contribution >= 0.6 is 11.8 Å². The van der Waals surface area contributed by atoms with Gasteiger partial charge in [-0.05, 0) is 44.4 Å². The molecule has 0 saturated carbocycles. The molecule has 0 aromatic heterocycles. The second-order valence-corrected chi connectivity index (χ2v) is 6.42. The van der Waals surface area contributed by atoms with Crippen LogP contribution in [-0.4, -0.2) is 41.1 Å². The maximum atomic E-state index is 12.0. The molecule has 2 N–H and O–H groups in total. The van der Waals surface area contributed by atoms with Crippen LogP contribution in [0.1, 0.15) is 20.3 Å². The van der Waals surface area contributed by atoms with E-state index >= 15 is 0 Å². The molecule has 1 heterocycles. The molecule has 0 radical (unpaired) electrons. The van der Waals surface area contributed by atoms with Crippen molar-refractivity contribution < 1.29 is 14.4 Å². The summed E-state index contributed by atoms with van der Waals surface area (Å²) >= 11 is 1.62. The molecular weight excluding hydrogens is 302 g/mol. The zero-order chi connectivity index (χ0) is 16.3. The van der Waals surface area contributed by atoms with Gasteiger partial charge >= 0.3 is 6.03 Å². The van der Waals surface area contributed by atoms with Crippen LogP contribution in [0.25, 0.3) is 0 Å². The van der Waals surface area contributed by atoms with E-state index in [0.717, 1.165) is 9.80 Å². The lowest BCUT2D eigenvalue weighted by Crippen LogP contribution is -2.40. The highest BCUT2D eigenvalue weighted by molar-refractivity contribution is 7.98. The van der Waals surface area contributed by atoms with Gasteiger partial charge in [-0.15, -0.1) is 11.8 Å². The molecule has 0 spiro atoms. The van der Waals surface area contributed by atoms with E-state index in [4.69, 9.17) is 0 Å². The molecule has 1 aromatic rings. The number of thioether (sulfide) groups is 1. The van der Waals surface area contributed by atoms with Crippen LogP contribution in [0.2, 0.25) is 0 Å². The normalized spacial score (nSPS) is 16.6. The second kappa shape index (κ2) is 6.39. The Morgan fingerprint density at radius 2 is 1.91 bits per heavy atom. The summed E-state index contributed by atoms with van der Waals surface area (Å²) in [6, 6.07) is 7.02. The van der Waals surface area contributed by atoms with Crippen molar-refractivity contribution >= 4 is 35.3 Å². The van der Waals surface area contributed by atoms with E-state index in [1.807, 2.05) is 30.5 Å². The van der Waals surface area contributed by atoms with Gasteiger partial charge in [-0.2, -0.15) is 0 Å². The Bertz CT molecular complexity index is 599. The molecule has 0 aliphatic carbocycles. The molecule has 1 fully saturated rings. The number of carbonyl (C=O) groups excluding carboxylic acids is 3. The Kier molecular flexibility index (Phi) is 4.75. The third-order valence-corrected chi connectivity index (χ3v) is 4.12. The maximum absolute atomic E-state index is 12.0. The van der Waals surface area contributed by atoms with Gasteiger partial charge in [0, 0.05) is 23.5 Å². The monoisotopic (exact) mass is 321 g/mol. The summed E-state index contributed by atoms with van der Waals surface area (Å²) in [5, 5.41) is 5.33. The number of hydrogen-bond donors (Lipinski definition) is 2. The Morgan fingerprint density at radius 1 is 1.27 bits per heavy atom. The van der Waals surface area contributed by atoms with Crippen LogP contribution in [0.3, 0.4) is 0 Å². The van der Waals surface area contributed by atoms with Crippen molar-refractivity contribution in [3.63, 3.8) is 0 Å². The molecule has 1 aromatic carbocycles. The third-order valence-electron chi connectivity index (χ3n) is 3.38. The van der Waals surface area contributed by atoms with Gasteiger partial charge in [0.05, 0.1) is 0 Å². The van der Waals surface area contributed by atoms with E-state index in [0.29, 0.717) is 5.69 Å². The molecule has 1 aliphatic heterocycles. The van der Waals surface area contributed by atoms with Crippen LogP contribution in [0.4, 0.5) is 10.5 Å². The fraction of sp³-hybridized carbons (Fsp3) is 0.400. The number of amides is 4. The minimum absolute atomic E-state index is 0.0690. The van der Waals surface area contributed by atoms with Crippen LogP contribution in [0.5, 0.6) is 0 Å². The summed E-state index contributed by atoms with van der Waals surface area (Å²) in [6.07, 6.45) is 2.05. The van der Waals surface area contributed by atoms with Gasteiger partial charge in [0.25, 0.3) is 5.91 Å². The van der Waals surface area contributed by atoms with Crippen LogP contribution < -0.4 is 10.6 Å². The summed E-state index contributed by atoms with van der Waals surface area (Å²) in [5.74, 6) is -0.545. The molecule has 4 amide bonds. The second-order valence-electron chi connectivity index (χ2n) is 5.54. The van der Waals surface area contributed by atoms with Gasteiger partial charge in [0.1, 0.15) is 5.54 Å². The molecule has 1 saturated heterocycles. The van der Waals surface area contributed by atoms with E-state index < -0.39 is 11.6 Å². The molecule has 7 heteroatoms. The summed E-state index contributed by atoms with van der Waals surface area (Å²) in [5.41, 5.74) is -0.207. The fourth-order valence-corrected chi connectivity index (χ4v) is 2.54. The Morgan fingerprint density at radius 3 is 2.41 bits per heavy atom. The highest BCUT2D eigenvalue weighted by atomic mass is 32.2. The largest absolute Gasteiger partial charge is 0.326 e. The number of rotatable bonds is 5. The summed E-state index contributed by atoms with van der Waals surface area (Å²) in [6.45, 7) is 3.35. The van der Waals surface area contributed by atoms with E-state index in [1.165, 1.54) is 0 Å². The molecule has 6 nitrogen and oxygen atoms in total. The Hall–Kier alpha value is -2.02. The van der Waals surface area contributed by atoms with E-state index in [2.05, 4.69) is 10.6 Å². The zero-order valence-electron chi connectivity index (χ0n) is 12.8. The average molecular weight is 321 g/mol. The van der Waals surface area contributed by atoms with E-state index in [-0.39, 0.29) is 24.8 Å². The molecule has 0 atom stereocenters. The topological polar surface area (TPSA) is 78.5 Å². The van der Waals surface area contributed by atoms with Crippen molar-refractivity contribution in [2.45, 2.75) is 30.7 Å². The third kappa shape index (κ3) is 3.59. The van der Waals surface area contributed by atoms with Crippen molar-refractivity contribution in [3.8, 4) is 0 Å². The van der Waals surface area contributed by atoms with Gasteiger partial charge in [-0.1, -0.05) is 0 Å². The molecular formula is C15H19N3O3S. The summed E-state index contributed by atoms with van der Waals surface area (Å²) < 4.78 is 0. The van der Waals surface area contributed by atoms with Gasteiger partial charge in [-0.25, -0.2) is 4.79 Å². The first-order valence-corrected chi connectivity index (χ1v) is 8.14. The lowest BCUT2D eigenvalue weighted by atomic mass is 10.1. The quantitative estimate of drug-likeness (QED) is 0.643. The van der Waals surface area contributed by atoms with Crippen molar-refractivity contribution in [1.82, 2.24) is 10.2 Å². The van der Waals surface area contributed by atoms with Crippen LogP contribution in [-0.2, 0) is 9.59 Å². The number of nitrogens with one attached hydrogen (secondary N) is 2. The van der Waals surface area contributed by atoms with Crippen molar-refractivity contribution in [1.29, 1.82) is 0 Å². The van der Waals surface area contributed by atoms with Gasteiger partial charge in [0.15, 0.2) is 0 Å². The van der Waals surface area contributed by atoms with Crippen LogP contribution in [0, 0.1) is 0 Å². The van der Waals surface area contributed by atoms with Crippen molar-refractivity contribution in [2.75, 3.05) is 18.1 Å².